The van der Waals surface area contributed by atoms with Crippen LogP contribution in [0.5, 0.6) is 0 Å². The Morgan fingerprint density at radius 1 is 0.675 bits per heavy atom. The molecule has 0 saturated carbocycles. The summed E-state index contributed by atoms with van der Waals surface area (Å²) in [4.78, 5) is 62.1. The SMILES string of the molecule is NCCCCC(N)C(=O)NC(Cc1ccccc1)C(=O)NC(Cc1ccccc1)C(=O)NC(CC(=O)O)C(=O)O. The van der Waals surface area contributed by atoms with Gasteiger partial charge in [-0.3, -0.25) is 19.2 Å². The number of nitrogens with two attached hydrogens (primary N) is 2. The van der Waals surface area contributed by atoms with Crippen molar-refractivity contribution < 1.29 is 34.2 Å². The van der Waals surface area contributed by atoms with Crippen molar-refractivity contribution in [3.8, 4) is 0 Å². The van der Waals surface area contributed by atoms with Crippen LogP contribution in [0.2, 0.25) is 0 Å². The number of hydrogen-bond donors (Lipinski definition) is 7. The third kappa shape index (κ3) is 11.2. The van der Waals surface area contributed by atoms with Gasteiger partial charge in [0, 0.05) is 12.8 Å². The third-order valence-electron chi connectivity index (χ3n) is 6.13. The number of carbonyl (C=O) groups is 5. The van der Waals surface area contributed by atoms with Crippen molar-refractivity contribution in [2.45, 2.75) is 62.7 Å². The van der Waals surface area contributed by atoms with E-state index in [1.807, 2.05) is 0 Å². The molecule has 3 amide bonds. The highest BCUT2D eigenvalue weighted by Gasteiger charge is 2.31. The molecule has 0 aromatic heterocycles. The molecule has 0 spiro atoms. The lowest BCUT2D eigenvalue weighted by Crippen LogP contribution is -2.58. The van der Waals surface area contributed by atoms with Crippen LogP contribution in [0, 0.1) is 0 Å². The number of carboxylic acid groups (broad SMARTS) is 2. The van der Waals surface area contributed by atoms with Gasteiger partial charge in [-0.15, -0.1) is 0 Å². The molecule has 40 heavy (non-hydrogen) atoms. The number of nitrogens with one attached hydrogen (secondary N) is 3. The van der Waals surface area contributed by atoms with Gasteiger partial charge in [-0.1, -0.05) is 67.1 Å². The number of hydrogen-bond acceptors (Lipinski definition) is 7. The predicted molar refractivity (Wildman–Crippen MR) is 147 cm³/mol. The number of carbonyl (C=O) groups excluding carboxylic acids is 3. The Morgan fingerprint density at radius 2 is 1.12 bits per heavy atom. The Labute approximate surface area is 232 Å². The number of carboxylic acids is 2. The molecule has 4 atom stereocenters. The number of rotatable bonds is 17. The first kappa shape index (κ1) is 31.9. The van der Waals surface area contributed by atoms with Gasteiger partial charge in [0.25, 0.3) is 0 Å². The minimum atomic E-state index is -1.70. The zero-order valence-corrected chi connectivity index (χ0v) is 22.1. The minimum absolute atomic E-state index is 0.0115. The van der Waals surface area contributed by atoms with Crippen molar-refractivity contribution in [3.63, 3.8) is 0 Å². The molecule has 0 aliphatic heterocycles. The maximum absolute atomic E-state index is 13.5. The van der Waals surface area contributed by atoms with Gasteiger partial charge in [-0.25, -0.2) is 4.79 Å². The van der Waals surface area contributed by atoms with E-state index in [1.54, 1.807) is 60.7 Å². The number of amides is 3. The quantitative estimate of drug-likeness (QED) is 0.130. The van der Waals surface area contributed by atoms with E-state index in [2.05, 4.69) is 16.0 Å². The largest absolute Gasteiger partial charge is 0.481 e. The van der Waals surface area contributed by atoms with Crippen molar-refractivity contribution in [3.05, 3.63) is 71.8 Å². The van der Waals surface area contributed by atoms with Crippen molar-refractivity contribution >= 4 is 29.7 Å². The van der Waals surface area contributed by atoms with Crippen molar-refractivity contribution in [1.82, 2.24) is 16.0 Å². The molecule has 216 valence electrons. The highest BCUT2D eigenvalue weighted by atomic mass is 16.4. The third-order valence-corrected chi connectivity index (χ3v) is 6.13. The number of benzene rings is 2. The first-order valence-electron chi connectivity index (χ1n) is 13.0. The van der Waals surface area contributed by atoms with Gasteiger partial charge in [0.05, 0.1) is 12.5 Å². The average Bonchev–Trinajstić information content (AvgIpc) is 2.92. The van der Waals surface area contributed by atoms with Crippen molar-refractivity contribution in [2.24, 2.45) is 11.5 Å². The van der Waals surface area contributed by atoms with Crippen LogP contribution in [0.1, 0.15) is 36.8 Å². The van der Waals surface area contributed by atoms with E-state index in [0.717, 1.165) is 5.56 Å². The molecule has 0 aliphatic rings. The van der Waals surface area contributed by atoms with Gasteiger partial charge in [-0.05, 0) is 30.5 Å². The molecule has 0 heterocycles. The fourth-order valence-corrected chi connectivity index (χ4v) is 3.96. The van der Waals surface area contributed by atoms with Crippen LogP contribution in [0.4, 0.5) is 0 Å². The molecule has 12 heteroatoms. The summed E-state index contributed by atoms with van der Waals surface area (Å²) >= 11 is 0. The van der Waals surface area contributed by atoms with Crippen molar-refractivity contribution in [1.29, 1.82) is 0 Å². The zero-order chi connectivity index (χ0) is 29.5. The second-order valence-electron chi connectivity index (χ2n) is 9.39. The predicted octanol–water partition coefficient (Wildman–Crippen LogP) is -0.0582. The van der Waals surface area contributed by atoms with Crippen LogP contribution in [-0.4, -0.2) is 70.6 Å². The average molecular weight is 556 g/mol. The van der Waals surface area contributed by atoms with Gasteiger partial charge in [0.15, 0.2) is 0 Å². The first-order valence-corrected chi connectivity index (χ1v) is 13.0. The summed E-state index contributed by atoms with van der Waals surface area (Å²) in [5.41, 5.74) is 12.9. The van der Waals surface area contributed by atoms with Gasteiger partial charge >= 0.3 is 11.9 Å². The van der Waals surface area contributed by atoms with Gasteiger partial charge in [0.1, 0.15) is 18.1 Å². The smallest absolute Gasteiger partial charge is 0.326 e. The Balaban J connectivity index is 2.27. The van der Waals surface area contributed by atoms with E-state index in [4.69, 9.17) is 16.6 Å². The monoisotopic (exact) mass is 555 g/mol. The van der Waals surface area contributed by atoms with Gasteiger partial charge in [-0.2, -0.15) is 0 Å². The molecule has 12 nitrogen and oxygen atoms in total. The maximum Gasteiger partial charge on any atom is 0.326 e. The van der Waals surface area contributed by atoms with Gasteiger partial charge < -0.3 is 37.6 Å². The van der Waals surface area contributed by atoms with E-state index < -0.39 is 60.2 Å². The van der Waals surface area contributed by atoms with Crippen LogP contribution in [-0.2, 0) is 36.8 Å². The first-order chi connectivity index (χ1) is 19.1. The van der Waals surface area contributed by atoms with E-state index in [1.165, 1.54) is 0 Å². The summed E-state index contributed by atoms with van der Waals surface area (Å²) in [5.74, 6) is -5.05. The fourth-order valence-electron chi connectivity index (χ4n) is 3.96. The Morgan fingerprint density at radius 3 is 1.55 bits per heavy atom. The van der Waals surface area contributed by atoms with Crippen LogP contribution in [0.3, 0.4) is 0 Å². The normalized spacial score (nSPS) is 13.8. The zero-order valence-electron chi connectivity index (χ0n) is 22.1. The lowest BCUT2D eigenvalue weighted by atomic mass is 10.0. The molecule has 0 saturated heterocycles. The molecular formula is C28H37N5O7. The topological polar surface area (TPSA) is 214 Å². The molecule has 0 radical (unpaired) electrons. The Bertz CT molecular complexity index is 1130. The van der Waals surface area contributed by atoms with Gasteiger partial charge in [0.2, 0.25) is 17.7 Å². The van der Waals surface area contributed by atoms with E-state index >= 15 is 0 Å². The standard InChI is InChI=1S/C28H37N5O7/c29-14-8-7-13-20(30)25(36)31-21(15-18-9-3-1-4-10-18)26(37)32-22(16-19-11-5-2-6-12-19)27(38)33-23(28(39)40)17-24(34)35/h1-6,9-12,20-23H,7-8,13-17,29-30H2,(H,31,36)(H,32,37)(H,33,38)(H,34,35)(H,39,40). The van der Waals surface area contributed by atoms with E-state index in [9.17, 15) is 29.1 Å². The molecule has 0 bridgehead atoms. The highest BCUT2D eigenvalue weighted by molar-refractivity contribution is 5.95. The summed E-state index contributed by atoms with van der Waals surface area (Å²) in [6.07, 6.45) is 0.960. The van der Waals surface area contributed by atoms with Crippen LogP contribution in [0.25, 0.3) is 0 Å². The molecule has 0 fully saturated rings. The summed E-state index contributed by atoms with van der Waals surface area (Å²) in [6, 6.07) is 12.7. The Hall–Kier alpha value is -4.29. The van der Waals surface area contributed by atoms with Crippen molar-refractivity contribution in [2.75, 3.05) is 6.54 Å². The molecule has 2 aromatic carbocycles. The minimum Gasteiger partial charge on any atom is -0.481 e. The molecule has 4 unspecified atom stereocenters. The Kier molecular flexibility index (Phi) is 13.3. The van der Waals surface area contributed by atoms with Crippen LogP contribution >= 0.6 is 0 Å². The number of unbranched alkanes of at least 4 members (excludes halogenated alkanes) is 1. The highest BCUT2D eigenvalue weighted by Crippen LogP contribution is 2.09. The second kappa shape index (κ2) is 16.6. The molecule has 2 aromatic rings. The summed E-state index contributed by atoms with van der Waals surface area (Å²) < 4.78 is 0. The van der Waals surface area contributed by atoms with Crippen LogP contribution < -0.4 is 27.4 Å². The molecule has 2 rings (SSSR count). The lowest BCUT2D eigenvalue weighted by molar-refractivity contribution is -0.147. The second-order valence-corrected chi connectivity index (χ2v) is 9.39. The molecule has 0 aliphatic carbocycles. The van der Waals surface area contributed by atoms with Crippen LogP contribution in [0.15, 0.2) is 60.7 Å². The number of aliphatic carboxylic acids is 2. The van der Waals surface area contributed by atoms with E-state index in [-0.39, 0.29) is 12.8 Å². The lowest BCUT2D eigenvalue weighted by Gasteiger charge is -2.25. The summed E-state index contributed by atoms with van der Waals surface area (Å²) in [5, 5.41) is 25.9. The molecular weight excluding hydrogens is 518 g/mol. The summed E-state index contributed by atoms with van der Waals surface area (Å²) in [7, 11) is 0. The molecule has 9 N–H and O–H groups in total. The maximum atomic E-state index is 13.5. The van der Waals surface area contributed by atoms with E-state index in [0.29, 0.717) is 31.4 Å². The fraction of sp³-hybridized carbons (Fsp3) is 0.393. The summed E-state index contributed by atoms with van der Waals surface area (Å²) in [6.45, 7) is 0.466.